The second-order valence-electron chi connectivity index (χ2n) is 11.5. The van der Waals surface area contributed by atoms with Gasteiger partial charge in [0.25, 0.3) is 11.8 Å². The summed E-state index contributed by atoms with van der Waals surface area (Å²) >= 11 is 1.36. The highest BCUT2D eigenvalue weighted by Crippen LogP contribution is 2.45. The van der Waals surface area contributed by atoms with Gasteiger partial charge in [-0.25, -0.2) is 4.52 Å². The number of nitrogens with one attached hydrogen (secondary N) is 1. The first-order chi connectivity index (χ1) is 19.2. The van der Waals surface area contributed by atoms with Gasteiger partial charge in [0, 0.05) is 22.0 Å². The number of nitrogens with two attached hydrogens (primary N) is 1. The maximum atomic E-state index is 13.3. The number of hydrogen-bond donors (Lipinski definition) is 3. The van der Waals surface area contributed by atoms with Crippen molar-refractivity contribution < 1.29 is 24.2 Å². The summed E-state index contributed by atoms with van der Waals surface area (Å²) in [4.78, 5) is 25.8. The predicted molar refractivity (Wildman–Crippen MR) is 153 cm³/mol. The van der Waals surface area contributed by atoms with Crippen LogP contribution in [0.3, 0.4) is 0 Å². The molecule has 0 aliphatic heterocycles. The van der Waals surface area contributed by atoms with Gasteiger partial charge in [-0.3, -0.25) is 9.59 Å². The molecule has 40 heavy (non-hydrogen) atoms. The molecule has 2 saturated carbocycles. The topological polar surface area (TPSA) is 128 Å². The van der Waals surface area contributed by atoms with Crippen LogP contribution in [0, 0.1) is 0 Å². The van der Waals surface area contributed by atoms with Crippen LogP contribution in [0.5, 0.6) is 11.5 Å². The first-order valence-electron chi connectivity index (χ1n) is 13.8. The van der Waals surface area contributed by atoms with E-state index >= 15 is 0 Å². The van der Waals surface area contributed by atoms with Gasteiger partial charge in [-0.15, -0.1) is 11.3 Å². The summed E-state index contributed by atoms with van der Waals surface area (Å²) in [5, 5.41) is 18.8. The van der Waals surface area contributed by atoms with E-state index in [-0.39, 0.29) is 24.7 Å². The molecule has 3 aromatic heterocycles. The summed E-state index contributed by atoms with van der Waals surface area (Å²) < 4.78 is 15.1. The quantitative estimate of drug-likeness (QED) is 0.269. The van der Waals surface area contributed by atoms with Crippen LogP contribution < -0.4 is 20.5 Å². The first-order valence-corrected chi connectivity index (χ1v) is 14.6. The Labute approximate surface area is 236 Å². The predicted octanol–water partition coefficient (Wildman–Crippen LogP) is 4.80. The number of nitrogens with zero attached hydrogens (tertiary/aromatic N) is 2. The summed E-state index contributed by atoms with van der Waals surface area (Å²) in [6.45, 7) is 3.59. The summed E-state index contributed by atoms with van der Waals surface area (Å²) in [6, 6.07) is 11.5. The number of aliphatic hydroxyl groups is 1. The molecule has 0 bridgehead atoms. The van der Waals surface area contributed by atoms with Crippen LogP contribution in [0.4, 0.5) is 0 Å². The molecule has 0 radical (unpaired) electrons. The van der Waals surface area contributed by atoms with Crippen molar-refractivity contribution in [2.45, 2.75) is 76.0 Å². The van der Waals surface area contributed by atoms with Gasteiger partial charge in [0.15, 0.2) is 5.75 Å². The van der Waals surface area contributed by atoms with Crippen LogP contribution >= 0.6 is 11.3 Å². The minimum Gasteiger partial charge on any atom is -0.489 e. The van der Waals surface area contributed by atoms with E-state index < -0.39 is 11.5 Å². The minimum absolute atomic E-state index is 0.0226. The number of primary amides is 1. The molecule has 1 aromatic carbocycles. The molecule has 0 spiro atoms. The van der Waals surface area contributed by atoms with E-state index in [1.54, 1.807) is 20.0 Å². The normalized spacial score (nSPS) is 19.6. The van der Waals surface area contributed by atoms with Crippen LogP contribution in [-0.4, -0.2) is 50.9 Å². The largest absolute Gasteiger partial charge is 0.489 e. The number of amides is 2. The van der Waals surface area contributed by atoms with Crippen molar-refractivity contribution in [1.29, 1.82) is 0 Å². The van der Waals surface area contributed by atoms with Crippen LogP contribution in [0.1, 0.15) is 84.0 Å². The number of hydrogen-bond acceptors (Lipinski definition) is 7. The number of fused-ring (bicyclic) bond motifs is 2. The molecule has 6 rings (SSSR count). The average Bonchev–Trinajstić information content (AvgIpc) is 3.56. The van der Waals surface area contributed by atoms with Gasteiger partial charge < -0.3 is 25.6 Å². The van der Waals surface area contributed by atoms with Crippen molar-refractivity contribution >= 4 is 38.8 Å². The molecular formula is C30H34N4O5S. The van der Waals surface area contributed by atoms with Crippen LogP contribution in [-0.2, 0) is 0 Å². The third kappa shape index (κ3) is 5.38. The van der Waals surface area contributed by atoms with E-state index in [1.165, 1.54) is 11.3 Å². The van der Waals surface area contributed by atoms with Crippen molar-refractivity contribution in [2.75, 3.05) is 6.61 Å². The second kappa shape index (κ2) is 10.4. The monoisotopic (exact) mass is 562 g/mol. The molecule has 0 atom stereocenters. The van der Waals surface area contributed by atoms with Gasteiger partial charge in [0.05, 0.1) is 34.7 Å². The van der Waals surface area contributed by atoms with Gasteiger partial charge in [0.2, 0.25) is 0 Å². The Balaban J connectivity index is 1.12. The van der Waals surface area contributed by atoms with Crippen molar-refractivity contribution in [3.05, 3.63) is 58.7 Å². The number of rotatable bonds is 9. The zero-order chi connectivity index (χ0) is 28.0. The van der Waals surface area contributed by atoms with Gasteiger partial charge in [-0.1, -0.05) is 12.1 Å². The molecular weight excluding hydrogens is 528 g/mol. The molecule has 0 unspecified atom stereocenters. The Hall–Kier alpha value is -3.63. The molecule has 210 valence electrons. The van der Waals surface area contributed by atoms with Gasteiger partial charge in [-0.2, -0.15) is 5.10 Å². The maximum Gasteiger partial charge on any atom is 0.262 e. The van der Waals surface area contributed by atoms with Gasteiger partial charge in [0.1, 0.15) is 17.2 Å². The molecule has 2 fully saturated rings. The molecule has 4 aromatic rings. The van der Waals surface area contributed by atoms with Crippen molar-refractivity contribution in [3.8, 4) is 11.5 Å². The van der Waals surface area contributed by atoms with E-state index in [0.29, 0.717) is 27.9 Å². The lowest BCUT2D eigenvalue weighted by molar-refractivity contribution is 0.0279. The van der Waals surface area contributed by atoms with Crippen molar-refractivity contribution in [3.63, 3.8) is 0 Å². The Morgan fingerprint density at radius 1 is 1.12 bits per heavy atom. The van der Waals surface area contributed by atoms with Crippen LogP contribution in [0.2, 0.25) is 0 Å². The second-order valence-corrected chi connectivity index (χ2v) is 12.6. The molecule has 10 heteroatoms. The third-order valence-electron chi connectivity index (χ3n) is 7.54. The van der Waals surface area contributed by atoms with E-state index in [1.807, 2.05) is 40.9 Å². The Kier molecular flexibility index (Phi) is 6.92. The van der Waals surface area contributed by atoms with E-state index in [9.17, 15) is 14.7 Å². The number of pyridine rings is 1. The number of carbonyl (C=O) groups is 2. The first kappa shape index (κ1) is 26.6. The maximum absolute atomic E-state index is 13.3. The van der Waals surface area contributed by atoms with Crippen LogP contribution in [0.15, 0.2) is 42.6 Å². The number of thiophene rings is 1. The zero-order valence-electron chi connectivity index (χ0n) is 22.7. The number of carbonyl (C=O) groups excluding carboxylic acids is 2. The van der Waals surface area contributed by atoms with Crippen molar-refractivity contribution in [1.82, 2.24) is 14.9 Å². The summed E-state index contributed by atoms with van der Waals surface area (Å²) in [5.41, 5.74) is 6.92. The zero-order valence-corrected chi connectivity index (χ0v) is 23.5. The fourth-order valence-corrected chi connectivity index (χ4v) is 6.38. The number of aromatic nitrogens is 2. The Morgan fingerprint density at radius 3 is 2.58 bits per heavy atom. The summed E-state index contributed by atoms with van der Waals surface area (Å²) in [5.74, 6) is 0.979. The van der Waals surface area contributed by atoms with Gasteiger partial charge in [-0.05, 0) is 76.6 Å². The minimum atomic E-state index is -0.948. The smallest absolute Gasteiger partial charge is 0.262 e. The fraction of sp³-hybridized carbons (Fsp3) is 0.433. The van der Waals surface area contributed by atoms with Gasteiger partial charge >= 0.3 is 0 Å². The number of ether oxygens (including phenoxy) is 2. The summed E-state index contributed by atoms with van der Waals surface area (Å²) in [6.07, 6.45) is 6.73. The van der Waals surface area contributed by atoms with Crippen LogP contribution in [0.25, 0.3) is 15.6 Å². The average molecular weight is 563 g/mol. The molecule has 3 heterocycles. The molecule has 0 saturated heterocycles. The lowest BCUT2D eigenvalue weighted by atomic mass is 9.92. The molecule has 4 N–H and O–H groups in total. The third-order valence-corrected chi connectivity index (χ3v) is 8.70. The highest BCUT2D eigenvalue weighted by Gasteiger charge is 2.32. The van der Waals surface area contributed by atoms with E-state index in [2.05, 4.69) is 10.4 Å². The fourth-order valence-electron chi connectivity index (χ4n) is 5.39. The molecule has 2 amide bonds. The Morgan fingerprint density at radius 2 is 1.88 bits per heavy atom. The standard InChI is InChI=1S/C30H34N4O5S/c1-30(2,37)16-38-23-14-13-22-21(15-32-34(22)25(23)17-7-8-17)29(36)33-18-9-11-19(12-10-18)39-26-20-5-3-4-6-24(20)40-27(26)28(31)35/h3-6,13-15,17-19,37H,7-12,16H2,1-2H3,(H2,31,35)(H,33,36). The number of benzene rings is 1. The Bertz CT molecular complexity index is 1570. The van der Waals surface area contributed by atoms with Crippen molar-refractivity contribution in [2.24, 2.45) is 5.73 Å². The van der Waals surface area contributed by atoms with E-state index in [4.69, 9.17) is 15.2 Å². The van der Waals surface area contributed by atoms with E-state index in [0.717, 1.165) is 59.8 Å². The molecule has 9 nitrogen and oxygen atoms in total. The molecule has 2 aliphatic carbocycles. The lowest BCUT2D eigenvalue weighted by Crippen LogP contribution is -2.39. The molecule has 2 aliphatic rings. The highest BCUT2D eigenvalue weighted by molar-refractivity contribution is 7.21. The summed E-state index contributed by atoms with van der Waals surface area (Å²) in [7, 11) is 0. The SMILES string of the molecule is CC(C)(O)COc1ccc2c(C(=O)NC3CCC(Oc4c(C(N)=O)sc5ccccc45)CC3)cnn2c1C1CC1. The highest BCUT2D eigenvalue weighted by atomic mass is 32.1. The lowest BCUT2D eigenvalue weighted by Gasteiger charge is -2.29.